The third-order valence-corrected chi connectivity index (χ3v) is 7.15. The number of carbonyl (C=O) groups is 1. The first kappa shape index (κ1) is 23.5. The largest absolute Gasteiger partial charge is 0.491 e. The molecular weight excluding hydrogens is 443 g/mol. The van der Waals surface area contributed by atoms with Gasteiger partial charge < -0.3 is 4.74 Å². The van der Waals surface area contributed by atoms with Crippen LogP contribution in [0.25, 0.3) is 0 Å². The first-order valence-corrected chi connectivity index (χ1v) is 12.5. The van der Waals surface area contributed by atoms with Crippen molar-refractivity contribution in [2.45, 2.75) is 71.2 Å². The van der Waals surface area contributed by atoms with Gasteiger partial charge in [-0.05, 0) is 75.9 Å². The van der Waals surface area contributed by atoms with Gasteiger partial charge in [0.25, 0.3) is 0 Å². The third-order valence-electron chi connectivity index (χ3n) is 7.15. The lowest BCUT2D eigenvalue weighted by molar-refractivity contribution is 0.0966. The van der Waals surface area contributed by atoms with Crippen molar-refractivity contribution < 1.29 is 13.9 Å². The maximum atomic E-state index is 14.2. The molecule has 2 aromatic carbocycles. The number of hydrogen-bond donors (Lipinski definition) is 0. The van der Waals surface area contributed by atoms with E-state index in [-0.39, 0.29) is 24.0 Å². The molecule has 2 aliphatic rings. The predicted octanol–water partition coefficient (Wildman–Crippen LogP) is 5.74. The van der Waals surface area contributed by atoms with Gasteiger partial charge in [-0.1, -0.05) is 25.1 Å². The van der Waals surface area contributed by atoms with Crippen LogP contribution in [0.1, 0.15) is 57.6 Å². The second kappa shape index (κ2) is 9.11. The van der Waals surface area contributed by atoms with E-state index in [0.717, 1.165) is 49.6 Å². The molecule has 1 fully saturated rings. The lowest BCUT2D eigenvalue weighted by Crippen LogP contribution is -2.55. The Hall–Kier alpha value is -3.19. The summed E-state index contributed by atoms with van der Waals surface area (Å²) in [6.07, 6.45) is 4.18. The van der Waals surface area contributed by atoms with E-state index in [4.69, 9.17) is 9.72 Å². The molecule has 1 aromatic heterocycles. The number of anilines is 1. The number of amides is 1. The molecule has 7 heteroatoms. The molecule has 6 nitrogen and oxygen atoms in total. The molecule has 3 aromatic rings. The summed E-state index contributed by atoms with van der Waals surface area (Å²) in [7, 11) is 0. The van der Waals surface area contributed by atoms with Gasteiger partial charge >= 0.3 is 6.03 Å². The molecule has 0 radical (unpaired) electrons. The average molecular weight is 477 g/mol. The number of likely N-dealkylation sites (tertiary alicyclic amines) is 1. The van der Waals surface area contributed by atoms with Gasteiger partial charge in [0.05, 0.1) is 11.8 Å². The van der Waals surface area contributed by atoms with Crippen molar-refractivity contribution in [1.82, 2.24) is 14.5 Å². The summed E-state index contributed by atoms with van der Waals surface area (Å²) in [5, 5.41) is 0. The quantitative estimate of drug-likeness (QED) is 0.455. The lowest BCUT2D eigenvalue weighted by Gasteiger charge is -2.47. The number of aromatic nitrogens is 2. The zero-order valence-corrected chi connectivity index (χ0v) is 20.9. The van der Waals surface area contributed by atoms with Crippen LogP contribution < -0.4 is 9.64 Å². The molecule has 2 aliphatic heterocycles. The highest BCUT2D eigenvalue weighted by atomic mass is 19.1. The summed E-state index contributed by atoms with van der Waals surface area (Å²) in [5.74, 6) is 1.31. The van der Waals surface area contributed by atoms with E-state index in [1.807, 2.05) is 45.2 Å². The van der Waals surface area contributed by atoms with Crippen molar-refractivity contribution in [2.75, 3.05) is 11.4 Å². The average Bonchev–Trinajstić information content (AvgIpc) is 3.34. The minimum atomic E-state index is -0.600. The Morgan fingerprint density at radius 1 is 1.20 bits per heavy atom. The molecule has 3 heterocycles. The summed E-state index contributed by atoms with van der Waals surface area (Å²) in [4.78, 5) is 22.7. The Labute approximate surface area is 206 Å². The number of rotatable bonds is 6. The zero-order chi connectivity index (χ0) is 24.7. The highest BCUT2D eigenvalue weighted by Gasteiger charge is 2.55. The maximum absolute atomic E-state index is 14.2. The van der Waals surface area contributed by atoms with Gasteiger partial charge in [-0.15, -0.1) is 0 Å². The number of nitrogens with zero attached hydrogens (tertiary/aromatic N) is 4. The Bertz CT molecular complexity index is 1240. The van der Waals surface area contributed by atoms with Crippen molar-refractivity contribution in [3.8, 4) is 5.75 Å². The van der Waals surface area contributed by atoms with Crippen LogP contribution in [-0.4, -0.2) is 39.2 Å². The number of halogens is 1. The van der Waals surface area contributed by atoms with Gasteiger partial charge in [0.1, 0.15) is 22.9 Å². The summed E-state index contributed by atoms with van der Waals surface area (Å²) < 4.78 is 21.7. The van der Waals surface area contributed by atoms with E-state index >= 15 is 0 Å². The van der Waals surface area contributed by atoms with E-state index in [1.165, 1.54) is 17.7 Å². The zero-order valence-electron chi connectivity index (χ0n) is 20.9. The van der Waals surface area contributed by atoms with E-state index in [9.17, 15) is 9.18 Å². The fourth-order valence-electron chi connectivity index (χ4n) is 5.57. The molecule has 0 aliphatic carbocycles. The van der Waals surface area contributed by atoms with Crippen molar-refractivity contribution in [1.29, 1.82) is 0 Å². The molecule has 0 bridgehead atoms. The fraction of sp³-hybridized carbons (Fsp3) is 0.429. The molecule has 1 spiro atoms. The number of piperidine rings is 1. The Kier molecular flexibility index (Phi) is 6.13. The molecule has 0 saturated carbocycles. The second-order valence-corrected chi connectivity index (χ2v) is 10.00. The van der Waals surface area contributed by atoms with Crippen molar-refractivity contribution in [2.24, 2.45) is 0 Å². The van der Waals surface area contributed by atoms with Crippen LogP contribution in [0.4, 0.5) is 14.9 Å². The van der Waals surface area contributed by atoms with Gasteiger partial charge in [0.15, 0.2) is 0 Å². The van der Waals surface area contributed by atoms with E-state index in [1.54, 1.807) is 15.5 Å². The van der Waals surface area contributed by atoms with Crippen LogP contribution in [0.15, 0.2) is 54.7 Å². The Morgan fingerprint density at radius 2 is 2.00 bits per heavy atom. The van der Waals surface area contributed by atoms with Gasteiger partial charge in [-0.3, -0.25) is 14.4 Å². The molecule has 35 heavy (non-hydrogen) atoms. The predicted molar refractivity (Wildman–Crippen MR) is 134 cm³/mol. The minimum Gasteiger partial charge on any atom is -0.491 e. The number of hydrogen-bond acceptors (Lipinski definition) is 4. The van der Waals surface area contributed by atoms with E-state index < -0.39 is 5.54 Å². The molecular formula is C28H33FN4O2. The van der Waals surface area contributed by atoms with Gasteiger partial charge in [-0.2, -0.15) is 0 Å². The number of aryl methyl sites for hydroxylation is 1. The van der Waals surface area contributed by atoms with Crippen LogP contribution in [0.3, 0.4) is 0 Å². The topological polar surface area (TPSA) is 50.6 Å². The van der Waals surface area contributed by atoms with Crippen molar-refractivity contribution in [3.05, 3.63) is 77.6 Å². The molecule has 184 valence electrons. The number of fused-ring (bicyclic) bond motifs is 2. The summed E-state index contributed by atoms with van der Waals surface area (Å²) in [6, 6.07) is 14.6. The monoisotopic (exact) mass is 476 g/mol. The number of benzene rings is 2. The highest BCUT2D eigenvalue weighted by Crippen LogP contribution is 2.47. The number of imidazole rings is 1. The molecule has 0 N–H and O–H groups in total. The Balaban J connectivity index is 1.45. The van der Waals surface area contributed by atoms with E-state index in [0.29, 0.717) is 5.69 Å². The molecule has 1 unspecified atom stereocenters. The fourth-order valence-corrected chi connectivity index (χ4v) is 5.57. The van der Waals surface area contributed by atoms with Crippen molar-refractivity contribution in [3.63, 3.8) is 0 Å². The third kappa shape index (κ3) is 4.22. The number of ether oxygens (including phenoxy) is 1. The molecule has 2 atom stereocenters. The SMILES string of the molecule is CCc1cn2c(n1)[C@@]1(CCN(Cc3cccc(OC(C)C)c3)C(C)C1)N(c1cccc(F)c1)C2=O. The second-order valence-electron chi connectivity index (χ2n) is 10.00. The molecule has 1 amide bonds. The summed E-state index contributed by atoms with van der Waals surface area (Å²) in [6.45, 7) is 9.90. The standard InChI is InChI=1S/C28H33FN4O2/c1-5-23-18-32-26(30-23)28(33(27(32)34)24-10-7-9-22(29)15-24)12-13-31(20(4)16-28)17-21-8-6-11-25(14-21)35-19(2)3/h6-11,14-15,18-20H,5,12-13,16-17H2,1-4H3/t20?,28-/m0/s1. The first-order chi connectivity index (χ1) is 16.8. The molecule has 1 saturated heterocycles. The van der Waals surface area contributed by atoms with E-state index in [2.05, 4.69) is 24.0 Å². The normalized spacial score (nSPS) is 22.3. The maximum Gasteiger partial charge on any atom is 0.335 e. The van der Waals surface area contributed by atoms with Gasteiger partial charge in [-0.25, -0.2) is 14.2 Å². The van der Waals surface area contributed by atoms with Crippen LogP contribution in [0, 0.1) is 5.82 Å². The highest BCUT2D eigenvalue weighted by molar-refractivity contribution is 5.98. The number of carbonyl (C=O) groups excluding carboxylic acids is 1. The molecule has 5 rings (SSSR count). The lowest BCUT2D eigenvalue weighted by atomic mass is 9.81. The Morgan fingerprint density at radius 3 is 2.71 bits per heavy atom. The van der Waals surface area contributed by atoms with Crippen LogP contribution >= 0.6 is 0 Å². The van der Waals surface area contributed by atoms with Crippen LogP contribution in [0.2, 0.25) is 0 Å². The van der Waals surface area contributed by atoms with Crippen LogP contribution in [0.5, 0.6) is 5.75 Å². The van der Waals surface area contributed by atoms with Crippen LogP contribution in [-0.2, 0) is 18.5 Å². The summed E-state index contributed by atoms with van der Waals surface area (Å²) in [5.41, 5.74) is 2.09. The van der Waals surface area contributed by atoms with Crippen molar-refractivity contribution >= 4 is 11.7 Å². The summed E-state index contributed by atoms with van der Waals surface area (Å²) >= 11 is 0. The smallest absolute Gasteiger partial charge is 0.335 e. The van der Waals surface area contributed by atoms with Gasteiger partial charge in [0, 0.05) is 31.0 Å². The minimum absolute atomic E-state index is 0.129. The van der Waals surface area contributed by atoms with Gasteiger partial charge in [0.2, 0.25) is 0 Å². The first-order valence-electron chi connectivity index (χ1n) is 12.5.